The van der Waals surface area contributed by atoms with Gasteiger partial charge in [-0.3, -0.25) is 10.1 Å². The van der Waals surface area contributed by atoms with E-state index in [2.05, 4.69) is 46.1 Å². The Balaban J connectivity index is 0.00000225. The van der Waals surface area contributed by atoms with Crippen LogP contribution in [0.3, 0.4) is 0 Å². The van der Waals surface area contributed by atoms with Crippen molar-refractivity contribution in [3.8, 4) is 11.3 Å². The number of methoxy groups -OCH3 is 1. The molecule has 136 valence electrons. The number of thioether (sulfide) groups is 1. The topological polar surface area (TPSA) is 63.2 Å². The Morgan fingerprint density at radius 1 is 1.32 bits per heavy atom. The van der Waals surface area contributed by atoms with Gasteiger partial charge in [-0.15, -0.1) is 35.5 Å². The third kappa shape index (κ3) is 4.54. The number of carbonyl (C=O) groups excluding carboxylic acids is 1. The van der Waals surface area contributed by atoms with Crippen LogP contribution >= 0.6 is 35.5 Å². The maximum atomic E-state index is 12.6. The van der Waals surface area contributed by atoms with E-state index in [9.17, 15) is 4.79 Å². The standard InChI is InChI=1S/C17H21N3O2S2.ClH/c1-22-17(7-9-18-10-8-17)15(21)20-16-19-14(11-24-16)12-3-5-13(23-2)6-4-12;/h3-6,11,18H,7-10H2,1-2H3,(H,19,20,21);1H. The van der Waals surface area contributed by atoms with Crippen molar-refractivity contribution in [3.63, 3.8) is 0 Å². The van der Waals surface area contributed by atoms with E-state index in [0.717, 1.165) is 24.3 Å². The fourth-order valence-electron chi connectivity index (χ4n) is 2.79. The zero-order valence-electron chi connectivity index (χ0n) is 14.2. The molecule has 1 amide bonds. The van der Waals surface area contributed by atoms with Crippen LogP contribution in [0.2, 0.25) is 0 Å². The van der Waals surface area contributed by atoms with Crippen molar-refractivity contribution in [2.75, 3.05) is 31.8 Å². The van der Waals surface area contributed by atoms with Crippen molar-refractivity contribution in [2.45, 2.75) is 23.3 Å². The summed E-state index contributed by atoms with van der Waals surface area (Å²) in [6, 6.07) is 8.25. The number of amides is 1. The second kappa shape index (κ2) is 9.00. The molecule has 1 aliphatic heterocycles. The molecule has 0 radical (unpaired) electrons. The number of carbonyl (C=O) groups is 1. The zero-order chi connectivity index (χ0) is 17.0. The van der Waals surface area contributed by atoms with Crippen molar-refractivity contribution in [2.24, 2.45) is 0 Å². The van der Waals surface area contributed by atoms with Gasteiger partial charge in [0.15, 0.2) is 5.13 Å². The van der Waals surface area contributed by atoms with Gasteiger partial charge in [0.2, 0.25) is 0 Å². The minimum atomic E-state index is -0.753. The van der Waals surface area contributed by atoms with Gasteiger partial charge in [-0.1, -0.05) is 12.1 Å². The highest BCUT2D eigenvalue weighted by molar-refractivity contribution is 7.98. The molecule has 0 bridgehead atoms. The minimum Gasteiger partial charge on any atom is -0.368 e. The van der Waals surface area contributed by atoms with Crippen molar-refractivity contribution < 1.29 is 9.53 Å². The molecule has 2 heterocycles. The van der Waals surface area contributed by atoms with E-state index < -0.39 is 5.60 Å². The summed E-state index contributed by atoms with van der Waals surface area (Å²) in [5.41, 5.74) is 1.17. The first kappa shape index (κ1) is 20.2. The van der Waals surface area contributed by atoms with E-state index >= 15 is 0 Å². The SMILES string of the molecule is COC1(C(=O)Nc2nc(-c3ccc(SC)cc3)cs2)CCNCC1.Cl. The number of nitrogens with one attached hydrogen (secondary N) is 2. The molecule has 0 saturated carbocycles. The van der Waals surface area contributed by atoms with Crippen LogP contribution in [0, 0.1) is 0 Å². The highest BCUT2D eigenvalue weighted by atomic mass is 35.5. The summed E-state index contributed by atoms with van der Waals surface area (Å²) >= 11 is 3.15. The van der Waals surface area contributed by atoms with Gasteiger partial charge in [-0.05, 0) is 44.3 Å². The van der Waals surface area contributed by atoms with Gasteiger partial charge in [-0.25, -0.2) is 4.98 Å². The van der Waals surface area contributed by atoms with Gasteiger partial charge in [-0.2, -0.15) is 0 Å². The molecule has 2 aromatic rings. The fraction of sp³-hybridized carbons (Fsp3) is 0.412. The van der Waals surface area contributed by atoms with Crippen LogP contribution in [0.5, 0.6) is 0 Å². The van der Waals surface area contributed by atoms with Gasteiger partial charge < -0.3 is 10.1 Å². The molecule has 0 atom stereocenters. The first-order chi connectivity index (χ1) is 11.7. The molecule has 1 aromatic heterocycles. The van der Waals surface area contributed by atoms with Crippen LogP contribution in [-0.2, 0) is 9.53 Å². The third-order valence-electron chi connectivity index (χ3n) is 4.33. The first-order valence-corrected chi connectivity index (χ1v) is 9.94. The normalized spacial score (nSPS) is 16.1. The lowest BCUT2D eigenvalue weighted by Crippen LogP contribution is -2.51. The first-order valence-electron chi connectivity index (χ1n) is 7.84. The van der Waals surface area contributed by atoms with E-state index in [1.165, 1.54) is 16.2 Å². The molecule has 0 unspecified atom stereocenters. The number of halogens is 1. The van der Waals surface area contributed by atoms with Crippen LogP contribution in [0.15, 0.2) is 34.5 Å². The second-order valence-electron chi connectivity index (χ2n) is 5.67. The summed E-state index contributed by atoms with van der Waals surface area (Å²) in [5, 5.41) is 8.75. The largest absolute Gasteiger partial charge is 0.368 e. The predicted molar refractivity (Wildman–Crippen MR) is 107 cm³/mol. The molecule has 1 saturated heterocycles. The van der Waals surface area contributed by atoms with Crippen molar-refractivity contribution >= 4 is 46.5 Å². The Morgan fingerprint density at radius 2 is 2.00 bits per heavy atom. The number of rotatable bonds is 5. The second-order valence-corrected chi connectivity index (χ2v) is 7.41. The van der Waals surface area contributed by atoms with Crippen LogP contribution in [-0.4, -0.2) is 42.9 Å². The summed E-state index contributed by atoms with van der Waals surface area (Å²) < 4.78 is 5.55. The lowest BCUT2D eigenvalue weighted by Gasteiger charge is -2.34. The summed E-state index contributed by atoms with van der Waals surface area (Å²) in [6.45, 7) is 1.57. The average molecular weight is 400 g/mol. The number of ether oxygens (including phenoxy) is 1. The van der Waals surface area contributed by atoms with E-state index in [4.69, 9.17) is 4.74 Å². The summed E-state index contributed by atoms with van der Waals surface area (Å²) in [7, 11) is 1.60. The number of hydrogen-bond donors (Lipinski definition) is 2. The monoisotopic (exact) mass is 399 g/mol. The lowest BCUT2D eigenvalue weighted by atomic mass is 9.91. The van der Waals surface area contributed by atoms with Gasteiger partial charge in [0, 0.05) is 22.9 Å². The molecule has 0 spiro atoms. The highest BCUT2D eigenvalue weighted by Gasteiger charge is 2.40. The van der Waals surface area contributed by atoms with Gasteiger partial charge in [0.25, 0.3) is 5.91 Å². The minimum absolute atomic E-state index is 0. The van der Waals surface area contributed by atoms with Gasteiger partial charge in [0.1, 0.15) is 5.60 Å². The molecule has 5 nitrogen and oxygen atoms in total. The number of anilines is 1. The number of benzene rings is 1. The van der Waals surface area contributed by atoms with Crippen LogP contribution in [0.1, 0.15) is 12.8 Å². The van der Waals surface area contributed by atoms with E-state index in [-0.39, 0.29) is 18.3 Å². The average Bonchev–Trinajstić information content (AvgIpc) is 3.10. The number of nitrogens with zero attached hydrogens (tertiary/aromatic N) is 1. The van der Waals surface area contributed by atoms with Gasteiger partial charge >= 0.3 is 0 Å². The lowest BCUT2D eigenvalue weighted by molar-refractivity contribution is -0.140. The molecular formula is C17H22ClN3O2S2. The number of aromatic nitrogens is 1. The number of piperidine rings is 1. The van der Waals surface area contributed by atoms with Gasteiger partial charge in [0.05, 0.1) is 5.69 Å². The van der Waals surface area contributed by atoms with Crippen molar-refractivity contribution in [1.29, 1.82) is 0 Å². The number of thiazole rings is 1. The molecule has 2 N–H and O–H groups in total. The van der Waals surface area contributed by atoms with Crippen molar-refractivity contribution in [3.05, 3.63) is 29.6 Å². The Morgan fingerprint density at radius 3 is 2.60 bits per heavy atom. The molecular weight excluding hydrogens is 378 g/mol. The summed E-state index contributed by atoms with van der Waals surface area (Å²) in [5.74, 6) is -0.106. The number of hydrogen-bond acceptors (Lipinski definition) is 6. The third-order valence-corrected chi connectivity index (χ3v) is 5.83. The zero-order valence-corrected chi connectivity index (χ0v) is 16.7. The predicted octanol–water partition coefficient (Wildman–Crippen LogP) is 3.66. The molecule has 25 heavy (non-hydrogen) atoms. The highest BCUT2D eigenvalue weighted by Crippen LogP contribution is 2.29. The van der Waals surface area contributed by atoms with Crippen LogP contribution < -0.4 is 10.6 Å². The molecule has 1 fully saturated rings. The quantitative estimate of drug-likeness (QED) is 0.751. The molecule has 8 heteroatoms. The smallest absolute Gasteiger partial charge is 0.258 e. The Bertz CT molecular complexity index is 700. The molecule has 1 aliphatic rings. The molecule has 1 aromatic carbocycles. The maximum absolute atomic E-state index is 12.6. The van der Waals surface area contributed by atoms with E-state index in [0.29, 0.717) is 18.0 Å². The molecule has 0 aliphatic carbocycles. The molecule has 3 rings (SSSR count). The van der Waals surface area contributed by atoms with E-state index in [1.807, 2.05) is 5.38 Å². The Labute approximate surface area is 162 Å². The van der Waals surface area contributed by atoms with Crippen LogP contribution in [0.4, 0.5) is 5.13 Å². The Hall–Kier alpha value is -1.12. The van der Waals surface area contributed by atoms with E-state index in [1.54, 1.807) is 18.9 Å². The summed E-state index contributed by atoms with van der Waals surface area (Å²) in [6.07, 6.45) is 3.39. The van der Waals surface area contributed by atoms with Crippen molar-refractivity contribution in [1.82, 2.24) is 10.3 Å². The Kier molecular flexibility index (Phi) is 7.27. The maximum Gasteiger partial charge on any atom is 0.258 e. The summed E-state index contributed by atoms with van der Waals surface area (Å²) in [4.78, 5) is 18.4. The fourth-order valence-corrected chi connectivity index (χ4v) is 3.91. The van der Waals surface area contributed by atoms with Crippen LogP contribution in [0.25, 0.3) is 11.3 Å².